The number of hydrogen-bond acceptors (Lipinski definition) is 5. The van der Waals surface area contributed by atoms with Gasteiger partial charge in [-0.05, 0) is 24.4 Å². The van der Waals surface area contributed by atoms with Crippen LogP contribution in [0.15, 0.2) is 6.20 Å². The van der Waals surface area contributed by atoms with Gasteiger partial charge in [0.25, 0.3) is 0 Å². The molecule has 2 rings (SSSR count). The Morgan fingerprint density at radius 3 is 2.76 bits per heavy atom. The highest BCUT2D eigenvalue weighted by molar-refractivity contribution is 6.28. The lowest BCUT2D eigenvalue weighted by atomic mass is 9.82. The Labute approximate surface area is 105 Å². The number of aliphatic hydroxyl groups is 1. The molecule has 1 aromatic rings. The summed E-state index contributed by atoms with van der Waals surface area (Å²) < 4.78 is 0. The van der Waals surface area contributed by atoms with Crippen molar-refractivity contribution in [2.45, 2.75) is 37.6 Å². The minimum atomic E-state index is -0.315. The van der Waals surface area contributed by atoms with Crippen LogP contribution in [0.3, 0.4) is 0 Å². The molecule has 0 radical (unpaired) electrons. The van der Waals surface area contributed by atoms with Crippen LogP contribution in [0.2, 0.25) is 5.28 Å². The van der Waals surface area contributed by atoms with Crippen molar-refractivity contribution < 1.29 is 5.11 Å². The number of aromatic nitrogens is 2. The van der Waals surface area contributed by atoms with E-state index in [2.05, 4.69) is 15.3 Å². The highest BCUT2D eigenvalue weighted by Crippen LogP contribution is 2.32. The standard InChI is InChI=1S/C11H17ClN4O/c12-10-14-6-8(13)9(15-10)16-11(7-17)4-2-1-3-5-11/h6,17H,1-5,7,13H2,(H,14,15,16). The fraction of sp³-hybridized carbons (Fsp3) is 0.636. The summed E-state index contributed by atoms with van der Waals surface area (Å²) in [7, 11) is 0. The molecule has 1 saturated carbocycles. The van der Waals surface area contributed by atoms with Crippen LogP contribution in [-0.4, -0.2) is 27.2 Å². The monoisotopic (exact) mass is 256 g/mol. The molecule has 0 atom stereocenters. The third kappa shape index (κ3) is 2.79. The first kappa shape index (κ1) is 12.4. The summed E-state index contributed by atoms with van der Waals surface area (Å²) in [5, 5.41) is 13.0. The van der Waals surface area contributed by atoms with Crippen molar-refractivity contribution in [3.8, 4) is 0 Å². The van der Waals surface area contributed by atoms with Gasteiger partial charge in [0.05, 0.1) is 24.0 Å². The van der Waals surface area contributed by atoms with Gasteiger partial charge in [0, 0.05) is 0 Å². The smallest absolute Gasteiger partial charge is 0.224 e. The second-order valence-corrected chi connectivity index (χ2v) is 4.91. The molecule has 0 amide bonds. The predicted molar refractivity (Wildman–Crippen MR) is 68.0 cm³/mol. The lowest BCUT2D eigenvalue weighted by Gasteiger charge is -2.37. The van der Waals surface area contributed by atoms with Crippen molar-refractivity contribution in [1.29, 1.82) is 0 Å². The van der Waals surface area contributed by atoms with Crippen molar-refractivity contribution in [2.75, 3.05) is 17.7 Å². The lowest BCUT2D eigenvalue weighted by Crippen LogP contribution is -2.44. The molecule has 0 unspecified atom stereocenters. The van der Waals surface area contributed by atoms with Crippen LogP contribution in [0.4, 0.5) is 11.5 Å². The van der Waals surface area contributed by atoms with Gasteiger partial charge in [-0.25, -0.2) is 4.98 Å². The maximum absolute atomic E-state index is 9.58. The normalized spacial score (nSPS) is 18.9. The van der Waals surface area contributed by atoms with Gasteiger partial charge in [-0.3, -0.25) is 0 Å². The lowest BCUT2D eigenvalue weighted by molar-refractivity contribution is 0.172. The number of aliphatic hydroxyl groups excluding tert-OH is 1. The fourth-order valence-corrected chi connectivity index (χ4v) is 2.41. The highest BCUT2D eigenvalue weighted by atomic mass is 35.5. The Kier molecular flexibility index (Phi) is 3.69. The number of rotatable bonds is 3. The van der Waals surface area contributed by atoms with Crippen molar-refractivity contribution >= 4 is 23.1 Å². The average Bonchev–Trinajstić information content (AvgIpc) is 2.35. The maximum atomic E-state index is 9.58. The average molecular weight is 257 g/mol. The van der Waals surface area contributed by atoms with Crippen molar-refractivity contribution in [3.63, 3.8) is 0 Å². The van der Waals surface area contributed by atoms with Crippen LogP contribution in [0.25, 0.3) is 0 Å². The van der Waals surface area contributed by atoms with E-state index in [-0.39, 0.29) is 17.4 Å². The third-order valence-corrected chi connectivity index (χ3v) is 3.47. The molecule has 0 bridgehead atoms. The van der Waals surface area contributed by atoms with Crippen LogP contribution < -0.4 is 11.1 Å². The predicted octanol–water partition coefficient (Wildman–Crippen LogP) is 1.82. The first-order valence-electron chi connectivity index (χ1n) is 5.82. The van der Waals surface area contributed by atoms with Gasteiger partial charge < -0.3 is 16.2 Å². The van der Waals surface area contributed by atoms with E-state index in [1.54, 1.807) is 0 Å². The van der Waals surface area contributed by atoms with E-state index in [1.807, 2.05) is 0 Å². The van der Waals surface area contributed by atoms with E-state index < -0.39 is 0 Å². The van der Waals surface area contributed by atoms with E-state index in [1.165, 1.54) is 12.6 Å². The van der Waals surface area contributed by atoms with Crippen LogP contribution in [-0.2, 0) is 0 Å². The van der Waals surface area contributed by atoms with Crippen molar-refractivity contribution in [3.05, 3.63) is 11.5 Å². The Hall–Kier alpha value is -1.07. The minimum absolute atomic E-state index is 0.0774. The van der Waals surface area contributed by atoms with E-state index >= 15 is 0 Å². The summed E-state index contributed by atoms with van der Waals surface area (Å²) in [5.41, 5.74) is 5.93. The molecule has 1 fully saturated rings. The van der Waals surface area contributed by atoms with Gasteiger partial charge in [0.15, 0.2) is 5.82 Å². The first-order chi connectivity index (χ1) is 8.15. The summed E-state index contributed by atoms with van der Waals surface area (Å²) in [6, 6.07) is 0. The van der Waals surface area contributed by atoms with Gasteiger partial charge >= 0.3 is 0 Å². The van der Waals surface area contributed by atoms with E-state index in [4.69, 9.17) is 17.3 Å². The van der Waals surface area contributed by atoms with Crippen LogP contribution >= 0.6 is 11.6 Å². The molecule has 1 heterocycles. The number of halogens is 1. The molecule has 4 N–H and O–H groups in total. The van der Waals surface area contributed by atoms with Gasteiger partial charge in [0.1, 0.15) is 0 Å². The summed E-state index contributed by atoms with van der Waals surface area (Å²) in [5.74, 6) is 0.515. The SMILES string of the molecule is Nc1cnc(Cl)nc1NC1(CO)CCCCC1. The fourth-order valence-electron chi connectivity index (χ4n) is 2.27. The molecule has 17 heavy (non-hydrogen) atoms. The highest BCUT2D eigenvalue weighted by Gasteiger charge is 2.32. The number of nitrogen functional groups attached to an aromatic ring is 1. The number of nitrogens with two attached hydrogens (primary N) is 1. The maximum Gasteiger partial charge on any atom is 0.224 e. The topological polar surface area (TPSA) is 84.1 Å². The molecule has 6 heteroatoms. The molecule has 5 nitrogen and oxygen atoms in total. The molecule has 1 aliphatic rings. The van der Waals surface area contributed by atoms with Gasteiger partial charge in [-0.15, -0.1) is 0 Å². The van der Waals surface area contributed by atoms with Crippen LogP contribution in [0, 0.1) is 0 Å². The molecular formula is C11H17ClN4O. The van der Waals surface area contributed by atoms with E-state index in [0.717, 1.165) is 25.7 Å². The zero-order chi connectivity index (χ0) is 12.3. The number of anilines is 2. The number of nitrogens with one attached hydrogen (secondary N) is 1. The van der Waals surface area contributed by atoms with Crippen molar-refractivity contribution in [1.82, 2.24) is 9.97 Å². The van der Waals surface area contributed by atoms with Gasteiger partial charge in [0.2, 0.25) is 5.28 Å². The zero-order valence-corrected chi connectivity index (χ0v) is 10.4. The van der Waals surface area contributed by atoms with Crippen molar-refractivity contribution in [2.24, 2.45) is 0 Å². The molecule has 0 spiro atoms. The summed E-state index contributed by atoms with van der Waals surface area (Å²) >= 11 is 5.74. The first-order valence-corrected chi connectivity index (χ1v) is 6.20. The van der Waals surface area contributed by atoms with Gasteiger partial charge in [-0.2, -0.15) is 4.98 Å². The molecule has 0 saturated heterocycles. The molecule has 0 aliphatic heterocycles. The summed E-state index contributed by atoms with van der Waals surface area (Å²) in [6.07, 6.45) is 6.74. The largest absolute Gasteiger partial charge is 0.394 e. The molecule has 1 aliphatic carbocycles. The Morgan fingerprint density at radius 1 is 1.41 bits per heavy atom. The quantitative estimate of drug-likeness (QED) is 0.719. The Bertz CT molecular complexity index is 393. The molecule has 0 aromatic carbocycles. The van der Waals surface area contributed by atoms with Crippen LogP contribution in [0.1, 0.15) is 32.1 Å². The Balaban J connectivity index is 2.20. The number of hydrogen-bond donors (Lipinski definition) is 3. The summed E-state index contributed by atoms with van der Waals surface area (Å²) in [4.78, 5) is 7.87. The second kappa shape index (κ2) is 5.06. The zero-order valence-electron chi connectivity index (χ0n) is 9.62. The Morgan fingerprint density at radius 2 is 2.12 bits per heavy atom. The molecule has 1 aromatic heterocycles. The number of nitrogens with zero attached hydrogens (tertiary/aromatic N) is 2. The second-order valence-electron chi connectivity index (χ2n) is 4.57. The summed E-state index contributed by atoms with van der Waals surface area (Å²) in [6.45, 7) is 0.0774. The molecular weight excluding hydrogens is 240 g/mol. The third-order valence-electron chi connectivity index (χ3n) is 3.28. The van der Waals surface area contributed by atoms with E-state index in [0.29, 0.717) is 11.5 Å². The van der Waals surface area contributed by atoms with Crippen LogP contribution in [0.5, 0.6) is 0 Å². The minimum Gasteiger partial charge on any atom is -0.394 e. The van der Waals surface area contributed by atoms with E-state index in [9.17, 15) is 5.11 Å². The van der Waals surface area contributed by atoms with Gasteiger partial charge in [-0.1, -0.05) is 19.3 Å². The molecule has 94 valence electrons.